The fraction of sp³-hybridized carbons (Fsp3) is 0.647. The van der Waals surface area contributed by atoms with E-state index in [9.17, 15) is 0 Å². The molecule has 1 aliphatic carbocycles. The van der Waals surface area contributed by atoms with Crippen molar-refractivity contribution in [2.75, 3.05) is 11.9 Å². The smallest absolute Gasteiger partial charge is 0.0426 e. The van der Waals surface area contributed by atoms with Gasteiger partial charge in [-0.1, -0.05) is 30.5 Å². The number of hydrogen-bond donors (Lipinski definition) is 2. The van der Waals surface area contributed by atoms with Crippen molar-refractivity contribution in [3.63, 3.8) is 0 Å². The van der Waals surface area contributed by atoms with Gasteiger partial charge in [-0.25, -0.2) is 0 Å². The van der Waals surface area contributed by atoms with Crippen molar-refractivity contribution in [3.05, 3.63) is 28.8 Å². The number of hydrogen-bond acceptors (Lipinski definition) is 2. The van der Waals surface area contributed by atoms with E-state index in [1.54, 1.807) is 0 Å². The third kappa shape index (κ3) is 3.12. The Bertz CT molecular complexity index is 454. The molecular weight excluding hydrogens is 268 g/mol. The lowest BCUT2D eigenvalue weighted by Gasteiger charge is -2.33. The predicted octanol–water partition coefficient (Wildman–Crippen LogP) is 4.37. The highest BCUT2D eigenvalue weighted by Crippen LogP contribution is 2.34. The fourth-order valence-electron chi connectivity index (χ4n) is 3.84. The summed E-state index contributed by atoms with van der Waals surface area (Å²) >= 11 is 6.14. The second-order valence-corrected chi connectivity index (χ2v) is 6.80. The molecule has 0 spiro atoms. The molecule has 3 rings (SSSR count). The fourth-order valence-corrected chi connectivity index (χ4v) is 4.02. The van der Waals surface area contributed by atoms with Crippen LogP contribution in [0, 0.1) is 12.8 Å². The van der Waals surface area contributed by atoms with E-state index in [0.29, 0.717) is 12.1 Å². The van der Waals surface area contributed by atoms with Crippen LogP contribution in [0.1, 0.15) is 44.1 Å². The number of benzene rings is 1. The summed E-state index contributed by atoms with van der Waals surface area (Å²) in [6, 6.07) is 7.45. The molecule has 0 aromatic heterocycles. The first kappa shape index (κ1) is 14.2. The average molecular weight is 293 g/mol. The summed E-state index contributed by atoms with van der Waals surface area (Å²) in [6.45, 7) is 3.35. The maximum absolute atomic E-state index is 6.14. The lowest BCUT2D eigenvalue weighted by atomic mass is 9.88. The van der Waals surface area contributed by atoms with Crippen LogP contribution in [0.2, 0.25) is 5.02 Å². The van der Waals surface area contributed by atoms with Crippen LogP contribution in [0.15, 0.2) is 18.2 Å². The molecule has 0 radical (unpaired) electrons. The lowest BCUT2D eigenvalue weighted by Crippen LogP contribution is -2.44. The van der Waals surface area contributed by atoms with E-state index in [4.69, 9.17) is 11.6 Å². The zero-order valence-electron chi connectivity index (χ0n) is 12.3. The Morgan fingerprint density at radius 3 is 2.85 bits per heavy atom. The summed E-state index contributed by atoms with van der Waals surface area (Å²) in [7, 11) is 0. The number of halogens is 1. The standard InChI is InChI=1S/C17H25ClN2/c1-12-8-9-13(18)11-17(12)20-16-7-4-5-14(16)15-6-2-3-10-19-15/h8-9,11,14-16,19-20H,2-7,10H2,1H3. The Kier molecular flexibility index (Phi) is 4.52. The van der Waals surface area contributed by atoms with Gasteiger partial charge in [0.1, 0.15) is 0 Å². The van der Waals surface area contributed by atoms with Gasteiger partial charge in [-0.2, -0.15) is 0 Å². The molecule has 1 aromatic rings. The van der Waals surface area contributed by atoms with Crippen LogP contribution >= 0.6 is 11.6 Å². The van der Waals surface area contributed by atoms with Gasteiger partial charge in [0, 0.05) is 22.8 Å². The van der Waals surface area contributed by atoms with Crippen molar-refractivity contribution >= 4 is 17.3 Å². The van der Waals surface area contributed by atoms with E-state index in [-0.39, 0.29) is 0 Å². The van der Waals surface area contributed by atoms with Gasteiger partial charge in [0.2, 0.25) is 0 Å². The van der Waals surface area contributed by atoms with E-state index in [2.05, 4.69) is 29.7 Å². The molecule has 2 aliphatic rings. The topological polar surface area (TPSA) is 24.1 Å². The molecule has 3 heteroatoms. The minimum Gasteiger partial charge on any atom is -0.382 e. The minimum atomic E-state index is 0.600. The number of piperidine rings is 1. The number of rotatable bonds is 3. The van der Waals surface area contributed by atoms with Crippen molar-refractivity contribution in [1.29, 1.82) is 0 Å². The molecule has 1 saturated heterocycles. The van der Waals surface area contributed by atoms with Gasteiger partial charge < -0.3 is 10.6 Å². The predicted molar refractivity (Wildman–Crippen MR) is 86.6 cm³/mol. The van der Waals surface area contributed by atoms with Gasteiger partial charge in [-0.15, -0.1) is 0 Å². The average Bonchev–Trinajstić information content (AvgIpc) is 2.92. The summed E-state index contributed by atoms with van der Waals surface area (Å²) < 4.78 is 0. The second-order valence-electron chi connectivity index (χ2n) is 6.36. The largest absolute Gasteiger partial charge is 0.382 e. The van der Waals surface area contributed by atoms with Crippen molar-refractivity contribution in [2.24, 2.45) is 5.92 Å². The number of aryl methyl sites for hydroxylation is 1. The van der Waals surface area contributed by atoms with Crippen molar-refractivity contribution < 1.29 is 0 Å². The molecular formula is C17H25ClN2. The van der Waals surface area contributed by atoms with Gasteiger partial charge in [-0.3, -0.25) is 0 Å². The molecule has 1 saturated carbocycles. The van der Waals surface area contributed by atoms with E-state index in [1.165, 1.54) is 56.3 Å². The number of nitrogens with one attached hydrogen (secondary N) is 2. The molecule has 2 fully saturated rings. The Morgan fingerprint density at radius 2 is 2.05 bits per heavy atom. The van der Waals surface area contributed by atoms with Crippen LogP contribution in [0.4, 0.5) is 5.69 Å². The first-order chi connectivity index (χ1) is 9.74. The summed E-state index contributed by atoms with van der Waals surface area (Å²) in [4.78, 5) is 0. The monoisotopic (exact) mass is 292 g/mol. The quantitative estimate of drug-likeness (QED) is 0.864. The van der Waals surface area contributed by atoms with E-state index < -0.39 is 0 Å². The highest BCUT2D eigenvalue weighted by molar-refractivity contribution is 6.30. The molecule has 1 aliphatic heterocycles. The summed E-state index contributed by atoms with van der Waals surface area (Å²) in [5.74, 6) is 0.772. The maximum Gasteiger partial charge on any atom is 0.0426 e. The third-order valence-corrected chi connectivity index (χ3v) is 5.21. The van der Waals surface area contributed by atoms with E-state index >= 15 is 0 Å². The van der Waals surface area contributed by atoms with Crippen molar-refractivity contribution in [1.82, 2.24) is 5.32 Å². The minimum absolute atomic E-state index is 0.600. The van der Waals surface area contributed by atoms with Gasteiger partial charge in [0.05, 0.1) is 0 Å². The van der Waals surface area contributed by atoms with Gasteiger partial charge in [0.25, 0.3) is 0 Å². The van der Waals surface area contributed by atoms with Gasteiger partial charge >= 0.3 is 0 Å². The van der Waals surface area contributed by atoms with Crippen molar-refractivity contribution in [3.8, 4) is 0 Å². The van der Waals surface area contributed by atoms with Crippen molar-refractivity contribution in [2.45, 2.75) is 57.5 Å². The molecule has 20 heavy (non-hydrogen) atoms. The summed E-state index contributed by atoms with van der Waals surface area (Å²) in [5, 5.41) is 8.33. The molecule has 2 nitrogen and oxygen atoms in total. The Hall–Kier alpha value is -0.730. The van der Waals surface area contributed by atoms with Crippen LogP contribution in [0.25, 0.3) is 0 Å². The summed E-state index contributed by atoms with van der Waals surface area (Å²) in [6.07, 6.45) is 8.06. The SMILES string of the molecule is Cc1ccc(Cl)cc1NC1CCCC1C1CCCCN1. The highest BCUT2D eigenvalue weighted by atomic mass is 35.5. The molecule has 1 aromatic carbocycles. The van der Waals surface area contributed by atoms with Crippen LogP contribution in [-0.4, -0.2) is 18.6 Å². The third-order valence-electron chi connectivity index (χ3n) is 4.98. The molecule has 1 heterocycles. The zero-order chi connectivity index (χ0) is 13.9. The Morgan fingerprint density at radius 1 is 1.15 bits per heavy atom. The molecule has 3 atom stereocenters. The lowest BCUT2D eigenvalue weighted by molar-refractivity contribution is 0.286. The van der Waals surface area contributed by atoms with E-state index in [1.807, 2.05) is 6.07 Å². The van der Waals surface area contributed by atoms with Crippen LogP contribution in [0.3, 0.4) is 0 Å². The zero-order valence-corrected chi connectivity index (χ0v) is 13.0. The Labute approximate surface area is 127 Å². The van der Waals surface area contributed by atoms with Crippen LogP contribution in [-0.2, 0) is 0 Å². The molecule has 0 bridgehead atoms. The molecule has 2 N–H and O–H groups in total. The first-order valence-corrected chi connectivity index (χ1v) is 8.38. The van der Waals surface area contributed by atoms with E-state index in [0.717, 1.165) is 10.9 Å². The summed E-state index contributed by atoms with van der Waals surface area (Å²) in [5.41, 5.74) is 2.50. The first-order valence-electron chi connectivity index (χ1n) is 8.00. The number of anilines is 1. The normalized spacial score (nSPS) is 30.4. The van der Waals surface area contributed by atoms with Gasteiger partial charge in [-0.05, 0) is 62.8 Å². The molecule has 110 valence electrons. The Balaban J connectivity index is 1.70. The molecule has 3 unspecified atom stereocenters. The van der Waals surface area contributed by atoms with Gasteiger partial charge in [0.15, 0.2) is 0 Å². The molecule has 0 amide bonds. The highest BCUT2D eigenvalue weighted by Gasteiger charge is 2.34. The maximum atomic E-state index is 6.14. The second kappa shape index (κ2) is 6.36. The van der Waals surface area contributed by atoms with Crippen LogP contribution < -0.4 is 10.6 Å². The van der Waals surface area contributed by atoms with Crippen LogP contribution in [0.5, 0.6) is 0 Å².